The number of benzene rings is 1. The lowest BCUT2D eigenvalue weighted by Gasteiger charge is -2.20. The monoisotopic (exact) mass is 339 g/mol. The van der Waals surface area contributed by atoms with Crippen LogP contribution < -0.4 is 0 Å². The minimum atomic E-state index is 0.240. The number of carbonyl (C=O) groups is 1. The molecular weight excluding hydrogens is 322 g/mol. The van der Waals surface area contributed by atoms with Crippen molar-refractivity contribution in [2.75, 3.05) is 24.6 Å². The fourth-order valence-corrected chi connectivity index (χ4v) is 3.90. The van der Waals surface area contributed by atoms with Gasteiger partial charge in [-0.05, 0) is 42.2 Å². The molecule has 4 heteroatoms. The second kappa shape index (κ2) is 5.88. The van der Waals surface area contributed by atoms with E-state index in [0.29, 0.717) is 11.8 Å². The van der Waals surface area contributed by atoms with E-state index >= 15 is 0 Å². The molecule has 1 saturated carbocycles. The molecule has 1 aromatic rings. The summed E-state index contributed by atoms with van der Waals surface area (Å²) in [4.78, 5) is 14.6. The number of thioether (sulfide) groups is 1. The maximum absolute atomic E-state index is 12.5. The van der Waals surface area contributed by atoms with Crippen molar-refractivity contribution in [1.82, 2.24) is 4.90 Å². The molecule has 2 nitrogen and oxygen atoms in total. The summed E-state index contributed by atoms with van der Waals surface area (Å²) in [5.74, 6) is 3.38. The van der Waals surface area contributed by atoms with Crippen LogP contribution in [0.15, 0.2) is 28.7 Å². The van der Waals surface area contributed by atoms with Crippen LogP contribution >= 0.6 is 27.7 Å². The van der Waals surface area contributed by atoms with E-state index in [9.17, 15) is 4.79 Å². The second-order valence-electron chi connectivity index (χ2n) is 5.29. The zero-order valence-corrected chi connectivity index (χ0v) is 13.3. The Kier molecular flexibility index (Phi) is 4.18. The largest absolute Gasteiger partial charge is 0.342 e. The van der Waals surface area contributed by atoms with Crippen LogP contribution in [0.1, 0.15) is 24.3 Å². The Bertz CT molecular complexity index is 454. The van der Waals surface area contributed by atoms with Crippen molar-refractivity contribution in [3.8, 4) is 0 Å². The van der Waals surface area contributed by atoms with Gasteiger partial charge >= 0.3 is 0 Å². The van der Waals surface area contributed by atoms with Gasteiger partial charge in [0.15, 0.2) is 0 Å². The van der Waals surface area contributed by atoms with E-state index in [1.54, 1.807) is 0 Å². The summed E-state index contributed by atoms with van der Waals surface area (Å²) in [7, 11) is 0. The highest BCUT2D eigenvalue weighted by Crippen LogP contribution is 2.48. The normalized spacial score (nSPS) is 26.9. The van der Waals surface area contributed by atoms with Crippen LogP contribution in [0.5, 0.6) is 0 Å². The van der Waals surface area contributed by atoms with Crippen molar-refractivity contribution >= 4 is 33.6 Å². The van der Waals surface area contributed by atoms with Gasteiger partial charge in [0.2, 0.25) is 5.91 Å². The lowest BCUT2D eigenvalue weighted by Crippen LogP contribution is -2.34. The predicted molar refractivity (Wildman–Crippen MR) is 83.5 cm³/mol. The van der Waals surface area contributed by atoms with Gasteiger partial charge in [0.05, 0.1) is 0 Å². The van der Waals surface area contributed by atoms with Crippen LogP contribution in [0.25, 0.3) is 0 Å². The zero-order valence-electron chi connectivity index (χ0n) is 10.8. The minimum Gasteiger partial charge on any atom is -0.342 e. The first kappa shape index (κ1) is 13.5. The summed E-state index contributed by atoms with van der Waals surface area (Å²) in [5, 5.41) is 0. The maximum atomic E-state index is 12.5. The average molecular weight is 340 g/mol. The summed E-state index contributed by atoms with van der Waals surface area (Å²) in [5.41, 5.74) is 1.31. The summed E-state index contributed by atoms with van der Waals surface area (Å²) in [6.07, 6.45) is 2.18. The Balaban J connectivity index is 1.62. The maximum Gasteiger partial charge on any atom is 0.226 e. The average Bonchev–Trinajstić information content (AvgIpc) is 3.23. The first-order chi connectivity index (χ1) is 9.25. The van der Waals surface area contributed by atoms with Gasteiger partial charge in [0.1, 0.15) is 0 Å². The van der Waals surface area contributed by atoms with E-state index in [-0.39, 0.29) is 5.92 Å². The summed E-state index contributed by atoms with van der Waals surface area (Å²) < 4.78 is 1.10. The molecule has 0 N–H and O–H groups in total. The smallest absolute Gasteiger partial charge is 0.226 e. The van der Waals surface area contributed by atoms with Crippen LogP contribution in [-0.2, 0) is 4.79 Å². The van der Waals surface area contributed by atoms with Gasteiger partial charge in [-0.1, -0.05) is 28.1 Å². The molecule has 1 amide bonds. The molecule has 1 saturated heterocycles. The highest BCUT2D eigenvalue weighted by Gasteiger charge is 2.45. The molecule has 3 rings (SSSR count). The molecule has 0 radical (unpaired) electrons. The van der Waals surface area contributed by atoms with Gasteiger partial charge < -0.3 is 4.90 Å². The van der Waals surface area contributed by atoms with Crippen molar-refractivity contribution < 1.29 is 4.79 Å². The number of hydrogen-bond donors (Lipinski definition) is 0. The zero-order chi connectivity index (χ0) is 13.2. The topological polar surface area (TPSA) is 20.3 Å². The molecule has 1 aromatic carbocycles. The Labute approximate surface area is 127 Å². The SMILES string of the molecule is O=C([C@@H]1C[C@@H]1c1ccc(Br)cc1)N1CCCSCC1. The summed E-state index contributed by atoms with van der Waals surface area (Å²) in [6.45, 7) is 1.89. The van der Waals surface area contributed by atoms with Crippen LogP contribution in [0, 0.1) is 5.92 Å². The first-order valence-corrected chi connectivity index (χ1v) is 8.82. The second-order valence-corrected chi connectivity index (χ2v) is 7.43. The molecule has 102 valence electrons. The van der Waals surface area contributed by atoms with E-state index in [1.807, 2.05) is 11.8 Å². The summed E-state index contributed by atoms with van der Waals surface area (Å²) >= 11 is 5.42. The lowest BCUT2D eigenvalue weighted by molar-refractivity contribution is -0.132. The molecule has 0 bridgehead atoms. The molecule has 1 aliphatic carbocycles. The third-order valence-electron chi connectivity index (χ3n) is 3.94. The quantitative estimate of drug-likeness (QED) is 0.821. The molecule has 0 unspecified atom stereocenters. The molecule has 2 fully saturated rings. The number of rotatable bonds is 2. The predicted octanol–water partition coefficient (Wildman–Crippen LogP) is 3.52. The van der Waals surface area contributed by atoms with E-state index in [4.69, 9.17) is 0 Å². The Hall–Kier alpha value is -0.480. The van der Waals surface area contributed by atoms with E-state index in [1.165, 1.54) is 11.3 Å². The highest BCUT2D eigenvalue weighted by atomic mass is 79.9. The Morgan fingerprint density at radius 3 is 2.79 bits per heavy atom. The first-order valence-electron chi connectivity index (χ1n) is 6.88. The molecule has 2 aliphatic rings. The number of halogens is 1. The Morgan fingerprint density at radius 2 is 2.00 bits per heavy atom. The van der Waals surface area contributed by atoms with E-state index in [0.717, 1.165) is 36.2 Å². The number of hydrogen-bond acceptors (Lipinski definition) is 2. The number of nitrogens with zero attached hydrogens (tertiary/aromatic N) is 1. The standard InChI is InChI=1S/C15H18BrNOS/c16-12-4-2-11(3-5-12)13-10-14(13)15(18)17-6-1-8-19-9-7-17/h2-5,13-14H,1,6-10H2/t13-,14-/m1/s1. The molecule has 0 aromatic heterocycles. The van der Waals surface area contributed by atoms with Gasteiger partial charge in [0, 0.05) is 29.2 Å². The molecule has 19 heavy (non-hydrogen) atoms. The molecule has 1 heterocycles. The van der Waals surface area contributed by atoms with Crippen molar-refractivity contribution in [2.45, 2.75) is 18.8 Å². The lowest BCUT2D eigenvalue weighted by atomic mass is 10.1. The van der Waals surface area contributed by atoms with Crippen LogP contribution in [0.4, 0.5) is 0 Å². The highest BCUT2D eigenvalue weighted by molar-refractivity contribution is 9.10. The molecule has 0 spiro atoms. The van der Waals surface area contributed by atoms with Crippen LogP contribution in [0.3, 0.4) is 0 Å². The van der Waals surface area contributed by atoms with Gasteiger partial charge in [-0.2, -0.15) is 11.8 Å². The van der Waals surface area contributed by atoms with Crippen molar-refractivity contribution in [3.05, 3.63) is 34.3 Å². The molecule has 2 atom stereocenters. The minimum absolute atomic E-state index is 0.240. The van der Waals surface area contributed by atoms with Gasteiger partial charge in [0.25, 0.3) is 0 Å². The van der Waals surface area contributed by atoms with E-state index < -0.39 is 0 Å². The van der Waals surface area contributed by atoms with Crippen molar-refractivity contribution in [3.63, 3.8) is 0 Å². The fraction of sp³-hybridized carbons (Fsp3) is 0.533. The molecular formula is C15H18BrNOS. The van der Waals surface area contributed by atoms with Crippen molar-refractivity contribution in [2.24, 2.45) is 5.92 Å². The van der Waals surface area contributed by atoms with Crippen LogP contribution in [-0.4, -0.2) is 35.4 Å². The Morgan fingerprint density at radius 1 is 1.21 bits per heavy atom. The van der Waals surface area contributed by atoms with Gasteiger partial charge in [-0.3, -0.25) is 4.79 Å². The van der Waals surface area contributed by atoms with Crippen LogP contribution in [0.2, 0.25) is 0 Å². The third-order valence-corrected chi connectivity index (χ3v) is 5.52. The fourth-order valence-electron chi connectivity index (χ4n) is 2.75. The summed E-state index contributed by atoms with van der Waals surface area (Å²) in [6, 6.07) is 8.41. The van der Waals surface area contributed by atoms with Gasteiger partial charge in [-0.25, -0.2) is 0 Å². The van der Waals surface area contributed by atoms with Crippen molar-refractivity contribution in [1.29, 1.82) is 0 Å². The number of carbonyl (C=O) groups excluding carboxylic acids is 1. The van der Waals surface area contributed by atoms with Gasteiger partial charge in [-0.15, -0.1) is 0 Å². The molecule has 1 aliphatic heterocycles. The van der Waals surface area contributed by atoms with E-state index in [2.05, 4.69) is 45.1 Å². The third kappa shape index (κ3) is 3.16. The number of amides is 1.